The monoisotopic (exact) mass is 377 g/mol. The van der Waals surface area contributed by atoms with Gasteiger partial charge in [0.1, 0.15) is 0 Å². The van der Waals surface area contributed by atoms with Crippen molar-refractivity contribution in [3.05, 3.63) is 47.8 Å². The Bertz CT molecular complexity index is 717. The predicted octanol–water partition coefficient (Wildman–Crippen LogP) is 1.89. The average Bonchev–Trinajstić information content (AvgIpc) is 3.08. The van der Waals surface area contributed by atoms with Crippen LogP contribution >= 0.6 is 12.4 Å². The lowest BCUT2D eigenvalue weighted by Gasteiger charge is -2.32. The first-order chi connectivity index (χ1) is 12.2. The smallest absolute Gasteiger partial charge is 0.224 e. The second-order valence-electron chi connectivity index (χ2n) is 6.67. The SMILES string of the molecule is Cc1ccccc1-n1nccc1CN1CCCC(C(=O)NCCN)C1.Cl. The molecule has 0 spiro atoms. The van der Waals surface area contributed by atoms with E-state index in [4.69, 9.17) is 5.73 Å². The summed E-state index contributed by atoms with van der Waals surface area (Å²) in [6.45, 7) is 5.73. The highest BCUT2D eigenvalue weighted by Crippen LogP contribution is 2.21. The molecule has 26 heavy (non-hydrogen) atoms. The fourth-order valence-corrected chi connectivity index (χ4v) is 3.45. The number of piperidine rings is 1. The third kappa shape index (κ3) is 4.84. The Balaban J connectivity index is 0.00000243. The number of hydrogen-bond acceptors (Lipinski definition) is 4. The summed E-state index contributed by atoms with van der Waals surface area (Å²) in [5.41, 5.74) is 8.93. The maximum absolute atomic E-state index is 12.2. The summed E-state index contributed by atoms with van der Waals surface area (Å²) in [5, 5.41) is 7.42. The molecule has 0 aliphatic carbocycles. The van der Waals surface area contributed by atoms with Crippen molar-refractivity contribution in [1.82, 2.24) is 20.0 Å². The number of nitrogens with two attached hydrogens (primary N) is 1. The lowest BCUT2D eigenvalue weighted by Crippen LogP contribution is -2.43. The maximum atomic E-state index is 12.2. The number of likely N-dealkylation sites (tertiary alicyclic amines) is 1. The molecule has 1 aliphatic heterocycles. The number of halogens is 1. The second-order valence-corrected chi connectivity index (χ2v) is 6.67. The topological polar surface area (TPSA) is 76.2 Å². The van der Waals surface area contributed by atoms with Gasteiger partial charge in [-0.25, -0.2) is 4.68 Å². The summed E-state index contributed by atoms with van der Waals surface area (Å²) < 4.78 is 2.01. The molecular weight excluding hydrogens is 350 g/mol. The van der Waals surface area contributed by atoms with E-state index in [1.165, 1.54) is 5.56 Å². The zero-order valence-corrected chi connectivity index (χ0v) is 16.0. The molecule has 7 heteroatoms. The molecular formula is C19H28ClN5O. The van der Waals surface area contributed by atoms with Crippen molar-refractivity contribution in [2.45, 2.75) is 26.3 Å². The molecule has 2 aromatic rings. The van der Waals surface area contributed by atoms with Gasteiger partial charge >= 0.3 is 0 Å². The summed E-state index contributed by atoms with van der Waals surface area (Å²) in [5.74, 6) is 0.178. The molecule has 0 saturated carbocycles. The Morgan fingerprint density at radius 2 is 2.15 bits per heavy atom. The largest absolute Gasteiger partial charge is 0.355 e. The van der Waals surface area contributed by atoms with Gasteiger partial charge in [-0.2, -0.15) is 5.10 Å². The van der Waals surface area contributed by atoms with E-state index in [0.717, 1.165) is 43.9 Å². The molecule has 6 nitrogen and oxygen atoms in total. The Hall–Kier alpha value is -1.89. The fourth-order valence-electron chi connectivity index (χ4n) is 3.45. The van der Waals surface area contributed by atoms with Crippen molar-refractivity contribution in [2.24, 2.45) is 11.7 Å². The molecule has 1 unspecified atom stereocenters. The lowest BCUT2D eigenvalue weighted by molar-refractivity contribution is -0.126. The number of aryl methyl sites for hydroxylation is 1. The molecule has 1 aliphatic rings. The van der Waals surface area contributed by atoms with Gasteiger partial charge in [-0.15, -0.1) is 12.4 Å². The molecule has 1 aromatic heterocycles. The summed E-state index contributed by atoms with van der Waals surface area (Å²) in [6, 6.07) is 10.3. The van der Waals surface area contributed by atoms with Crippen molar-refractivity contribution in [3.63, 3.8) is 0 Å². The first kappa shape index (κ1) is 20.4. The van der Waals surface area contributed by atoms with Crippen LogP contribution in [0, 0.1) is 12.8 Å². The number of para-hydroxylation sites is 1. The van der Waals surface area contributed by atoms with Crippen molar-refractivity contribution in [2.75, 3.05) is 26.2 Å². The average molecular weight is 378 g/mol. The van der Waals surface area contributed by atoms with Crippen LogP contribution in [-0.2, 0) is 11.3 Å². The van der Waals surface area contributed by atoms with Gasteiger partial charge in [0.25, 0.3) is 0 Å². The third-order valence-electron chi connectivity index (χ3n) is 4.77. The van der Waals surface area contributed by atoms with E-state index >= 15 is 0 Å². The minimum absolute atomic E-state index is 0. The normalized spacial score (nSPS) is 17.5. The van der Waals surface area contributed by atoms with Crippen LogP contribution in [0.25, 0.3) is 5.69 Å². The van der Waals surface area contributed by atoms with E-state index in [-0.39, 0.29) is 24.2 Å². The van der Waals surface area contributed by atoms with Crippen molar-refractivity contribution in [3.8, 4) is 5.69 Å². The Morgan fingerprint density at radius 3 is 2.92 bits per heavy atom. The van der Waals surface area contributed by atoms with E-state index in [1.54, 1.807) is 0 Å². The van der Waals surface area contributed by atoms with Crippen LogP contribution in [0.1, 0.15) is 24.1 Å². The van der Waals surface area contributed by atoms with Crippen molar-refractivity contribution < 1.29 is 4.79 Å². The van der Waals surface area contributed by atoms with Crippen molar-refractivity contribution >= 4 is 18.3 Å². The molecule has 1 atom stereocenters. The second kappa shape index (κ2) is 9.71. The first-order valence-corrected chi connectivity index (χ1v) is 8.98. The lowest BCUT2D eigenvalue weighted by atomic mass is 9.97. The van der Waals surface area contributed by atoms with Gasteiger partial charge in [-0.3, -0.25) is 9.69 Å². The van der Waals surface area contributed by atoms with Crippen LogP contribution in [0.3, 0.4) is 0 Å². The van der Waals surface area contributed by atoms with Crippen LogP contribution in [0.2, 0.25) is 0 Å². The van der Waals surface area contributed by atoms with Gasteiger partial charge < -0.3 is 11.1 Å². The summed E-state index contributed by atoms with van der Waals surface area (Å²) >= 11 is 0. The molecule has 142 valence electrons. The minimum Gasteiger partial charge on any atom is -0.355 e. The number of nitrogens with one attached hydrogen (secondary N) is 1. The quantitative estimate of drug-likeness (QED) is 0.806. The van der Waals surface area contributed by atoms with Gasteiger partial charge in [0.05, 0.1) is 17.3 Å². The molecule has 2 heterocycles. The molecule has 1 fully saturated rings. The standard InChI is InChI=1S/C19H27N5O.ClH/c1-15-5-2-3-7-18(15)24-17(8-10-22-24)14-23-12-4-6-16(13-23)19(25)21-11-9-20;/h2-3,5,7-8,10,16H,4,6,9,11-14,20H2,1H3,(H,21,25);1H. The zero-order valence-electron chi connectivity index (χ0n) is 15.2. The molecule has 1 saturated heterocycles. The number of rotatable bonds is 6. The predicted molar refractivity (Wildman–Crippen MR) is 106 cm³/mol. The van der Waals surface area contributed by atoms with E-state index in [2.05, 4.69) is 40.4 Å². The minimum atomic E-state index is 0. The molecule has 1 amide bonds. The van der Waals surface area contributed by atoms with Gasteiger partial charge in [0, 0.05) is 32.4 Å². The van der Waals surface area contributed by atoms with Gasteiger partial charge in [-0.05, 0) is 44.0 Å². The van der Waals surface area contributed by atoms with Crippen LogP contribution in [0.15, 0.2) is 36.5 Å². The summed E-state index contributed by atoms with van der Waals surface area (Å²) in [7, 11) is 0. The molecule has 0 radical (unpaired) electrons. The number of benzene rings is 1. The van der Waals surface area contributed by atoms with Gasteiger partial charge in [-0.1, -0.05) is 18.2 Å². The molecule has 3 N–H and O–H groups in total. The van der Waals surface area contributed by atoms with Crippen molar-refractivity contribution in [1.29, 1.82) is 0 Å². The number of aromatic nitrogens is 2. The number of carbonyl (C=O) groups is 1. The van der Waals surface area contributed by atoms with Gasteiger partial charge in [0.2, 0.25) is 5.91 Å². The van der Waals surface area contributed by atoms with E-state index < -0.39 is 0 Å². The van der Waals surface area contributed by atoms with E-state index in [0.29, 0.717) is 13.1 Å². The highest BCUT2D eigenvalue weighted by Gasteiger charge is 2.26. The molecule has 1 aromatic carbocycles. The van der Waals surface area contributed by atoms with E-state index in [9.17, 15) is 4.79 Å². The number of hydrogen-bond donors (Lipinski definition) is 2. The number of amides is 1. The third-order valence-corrected chi connectivity index (χ3v) is 4.77. The van der Waals surface area contributed by atoms with Crippen LogP contribution in [-0.4, -0.2) is 46.8 Å². The Morgan fingerprint density at radius 1 is 1.35 bits per heavy atom. The summed E-state index contributed by atoms with van der Waals surface area (Å²) in [4.78, 5) is 14.6. The zero-order chi connectivity index (χ0) is 17.6. The maximum Gasteiger partial charge on any atom is 0.224 e. The van der Waals surface area contributed by atoms with Crippen LogP contribution < -0.4 is 11.1 Å². The van der Waals surface area contributed by atoms with Crippen LogP contribution in [0.5, 0.6) is 0 Å². The van der Waals surface area contributed by atoms with E-state index in [1.807, 2.05) is 23.0 Å². The highest BCUT2D eigenvalue weighted by atomic mass is 35.5. The Labute approximate surface area is 161 Å². The highest BCUT2D eigenvalue weighted by molar-refractivity contribution is 5.85. The Kier molecular flexibility index (Phi) is 7.63. The molecule has 0 bridgehead atoms. The van der Waals surface area contributed by atoms with Gasteiger partial charge in [0.15, 0.2) is 0 Å². The first-order valence-electron chi connectivity index (χ1n) is 8.98. The fraction of sp³-hybridized carbons (Fsp3) is 0.474. The molecule has 3 rings (SSSR count). The summed E-state index contributed by atoms with van der Waals surface area (Å²) in [6.07, 6.45) is 3.83. The van der Waals surface area contributed by atoms with Crippen LogP contribution in [0.4, 0.5) is 0 Å². The number of nitrogens with zero attached hydrogens (tertiary/aromatic N) is 3. The number of carbonyl (C=O) groups excluding carboxylic acids is 1.